The monoisotopic (exact) mass is 295 g/mol. The maximum absolute atomic E-state index is 9.83. The van der Waals surface area contributed by atoms with Gasteiger partial charge in [0.2, 0.25) is 0 Å². The first kappa shape index (κ1) is 17.0. The van der Waals surface area contributed by atoms with Crippen LogP contribution in [0, 0.1) is 6.92 Å². The molecule has 114 valence electrons. The fraction of sp³-hybridized carbons (Fsp3) is 0.0556. The molecule has 0 aliphatic carbocycles. The molecule has 0 aliphatic heterocycles. The molecule has 0 atom stereocenters. The maximum Gasteiger partial charge on any atom is 0.135 e. The Labute approximate surface area is 131 Å². The third-order valence-corrected chi connectivity index (χ3v) is 3.01. The molecule has 5 N–H and O–H groups in total. The van der Waals surface area contributed by atoms with E-state index in [4.69, 9.17) is 11.5 Å². The van der Waals surface area contributed by atoms with E-state index in [1.54, 1.807) is 12.1 Å². The van der Waals surface area contributed by atoms with Crippen LogP contribution < -0.4 is 11.5 Å². The first-order valence-electron chi connectivity index (χ1n) is 6.67. The first-order chi connectivity index (χ1) is 10.5. The van der Waals surface area contributed by atoms with Crippen molar-refractivity contribution < 1.29 is 5.11 Å². The van der Waals surface area contributed by atoms with Crippen molar-refractivity contribution in [2.75, 3.05) is 5.73 Å². The van der Waals surface area contributed by atoms with Crippen LogP contribution in [0.5, 0.6) is 5.75 Å². The van der Waals surface area contributed by atoms with Crippen molar-refractivity contribution in [3.63, 3.8) is 0 Å². The Morgan fingerprint density at radius 3 is 2.32 bits per heavy atom. The fourth-order valence-corrected chi connectivity index (χ4v) is 1.93. The Balaban J connectivity index is 0.00000116. The molecule has 2 aromatic carbocycles. The molecule has 4 nitrogen and oxygen atoms in total. The lowest BCUT2D eigenvalue weighted by Crippen LogP contribution is -2.13. The van der Waals surface area contributed by atoms with E-state index in [0.29, 0.717) is 16.9 Å². The van der Waals surface area contributed by atoms with Crippen molar-refractivity contribution in [2.45, 2.75) is 6.92 Å². The molecule has 0 aromatic heterocycles. The summed E-state index contributed by atoms with van der Waals surface area (Å²) in [4.78, 5) is 4.27. The molecule has 4 heteroatoms. The zero-order valence-electron chi connectivity index (χ0n) is 12.7. The number of aromatic hydroxyl groups is 1. The summed E-state index contributed by atoms with van der Waals surface area (Å²) >= 11 is 0. The van der Waals surface area contributed by atoms with Crippen molar-refractivity contribution in [2.24, 2.45) is 10.7 Å². The molecule has 0 aliphatic rings. The molecule has 0 bridgehead atoms. The van der Waals surface area contributed by atoms with Crippen LogP contribution in [0.2, 0.25) is 0 Å². The number of benzene rings is 2. The minimum atomic E-state index is 0.00355. The maximum atomic E-state index is 9.83. The van der Waals surface area contributed by atoms with Crippen molar-refractivity contribution in [3.8, 4) is 5.75 Å². The lowest BCUT2D eigenvalue weighted by Gasteiger charge is -2.08. The zero-order chi connectivity index (χ0) is 16.7. The van der Waals surface area contributed by atoms with E-state index in [9.17, 15) is 5.11 Å². The van der Waals surface area contributed by atoms with E-state index in [-0.39, 0.29) is 11.6 Å². The van der Waals surface area contributed by atoms with Crippen LogP contribution in [0.4, 0.5) is 5.69 Å². The summed E-state index contributed by atoms with van der Waals surface area (Å²) in [6.07, 6.45) is 0. The predicted octanol–water partition coefficient (Wildman–Crippen LogP) is 3.46. The number of aliphatic imine (C=N–C) groups is 1. The highest BCUT2D eigenvalue weighted by atomic mass is 16.3. The van der Waals surface area contributed by atoms with Gasteiger partial charge in [-0.25, -0.2) is 4.99 Å². The highest BCUT2D eigenvalue weighted by molar-refractivity contribution is 6.02. The second-order valence-electron chi connectivity index (χ2n) is 4.54. The van der Waals surface area contributed by atoms with Gasteiger partial charge in [-0.1, -0.05) is 30.8 Å². The highest BCUT2D eigenvalue weighted by Crippen LogP contribution is 2.22. The van der Waals surface area contributed by atoms with Gasteiger partial charge in [-0.05, 0) is 24.6 Å². The third-order valence-electron chi connectivity index (χ3n) is 3.01. The topological polar surface area (TPSA) is 84.6 Å². The number of aryl methyl sites for hydroxylation is 1. The summed E-state index contributed by atoms with van der Waals surface area (Å²) in [5.41, 5.74) is 15.0. The fourth-order valence-electron chi connectivity index (χ4n) is 1.93. The molecular formula is C18H21N3O. The highest BCUT2D eigenvalue weighted by Gasteiger charge is 2.08. The van der Waals surface area contributed by atoms with E-state index < -0.39 is 0 Å². The average Bonchev–Trinajstić information content (AvgIpc) is 2.49. The number of phenols is 1. The van der Waals surface area contributed by atoms with Gasteiger partial charge in [0.25, 0.3) is 0 Å². The normalized spacial score (nSPS) is 10.5. The van der Waals surface area contributed by atoms with E-state index >= 15 is 0 Å². The number of phenolic OH excluding ortho intramolecular Hbond substituents is 1. The Morgan fingerprint density at radius 2 is 1.73 bits per heavy atom. The second kappa shape index (κ2) is 7.69. The Bertz CT molecular complexity index is 705. The molecular weight excluding hydrogens is 274 g/mol. The SMILES string of the molecule is C=C.C=C(N=C(N)c1ccc(N)cc1O)c1ccccc1C. The first-order valence-corrected chi connectivity index (χ1v) is 6.67. The van der Waals surface area contributed by atoms with Crippen LogP contribution in [0.3, 0.4) is 0 Å². The summed E-state index contributed by atoms with van der Waals surface area (Å²) in [6.45, 7) is 11.9. The van der Waals surface area contributed by atoms with E-state index in [1.165, 1.54) is 6.07 Å². The predicted molar refractivity (Wildman–Crippen MR) is 94.7 cm³/mol. The summed E-state index contributed by atoms with van der Waals surface area (Å²) in [7, 11) is 0. The number of hydrogen-bond acceptors (Lipinski definition) is 3. The molecule has 0 unspecified atom stereocenters. The Hall–Kier alpha value is -3.01. The lowest BCUT2D eigenvalue weighted by molar-refractivity contribution is 0.474. The molecule has 0 amide bonds. The number of rotatable bonds is 3. The summed E-state index contributed by atoms with van der Waals surface area (Å²) in [5, 5.41) is 9.83. The van der Waals surface area contributed by atoms with Gasteiger partial charge in [-0.2, -0.15) is 0 Å². The number of anilines is 1. The van der Waals surface area contributed by atoms with E-state index in [0.717, 1.165) is 11.1 Å². The standard InChI is InChI=1S/C16H17N3O.C2H4/c1-10-5-3-4-6-13(10)11(2)19-16(18)14-8-7-12(17)9-15(14)20;1-2/h3-9,20H,2,17H2,1H3,(H2,18,19);1-2H2. The number of nitrogen functional groups attached to an aromatic ring is 1. The van der Waals surface area contributed by atoms with Gasteiger partial charge in [-0.3, -0.25) is 0 Å². The lowest BCUT2D eigenvalue weighted by atomic mass is 10.1. The Kier molecular flexibility index (Phi) is 5.96. The molecule has 2 rings (SSSR count). The molecule has 0 saturated carbocycles. The van der Waals surface area contributed by atoms with Crippen molar-refractivity contribution >= 4 is 17.2 Å². The third kappa shape index (κ3) is 3.99. The van der Waals surface area contributed by atoms with Gasteiger partial charge >= 0.3 is 0 Å². The molecule has 0 fully saturated rings. The quantitative estimate of drug-likeness (QED) is 0.351. The minimum Gasteiger partial charge on any atom is -0.507 e. The van der Waals surface area contributed by atoms with Crippen molar-refractivity contribution in [1.82, 2.24) is 0 Å². The zero-order valence-corrected chi connectivity index (χ0v) is 12.7. The van der Waals surface area contributed by atoms with Gasteiger partial charge in [0.05, 0.1) is 11.3 Å². The van der Waals surface area contributed by atoms with Crippen LogP contribution in [-0.2, 0) is 0 Å². The van der Waals surface area contributed by atoms with Gasteiger partial charge in [0.15, 0.2) is 0 Å². The smallest absolute Gasteiger partial charge is 0.135 e. The van der Waals surface area contributed by atoms with Crippen molar-refractivity contribution in [1.29, 1.82) is 0 Å². The largest absolute Gasteiger partial charge is 0.507 e. The van der Waals surface area contributed by atoms with Crippen LogP contribution in [0.15, 0.2) is 67.2 Å². The number of nitrogens with zero attached hydrogens (tertiary/aromatic N) is 1. The van der Waals surface area contributed by atoms with Crippen LogP contribution in [0.1, 0.15) is 16.7 Å². The van der Waals surface area contributed by atoms with Gasteiger partial charge < -0.3 is 16.6 Å². The average molecular weight is 295 g/mol. The number of hydrogen-bond donors (Lipinski definition) is 3. The molecule has 22 heavy (non-hydrogen) atoms. The molecule has 0 radical (unpaired) electrons. The van der Waals surface area contributed by atoms with E-state index in [1.807, 2.05) is 31.2 Å². The van der Waals surface area contributed by atoms with Gasteiger partial charge in [0.1, 0.15) is 11.6 Å². The summed E-state index contributed by atoms with van der Waals surface area (Å²) in [5.74, 6) is 0.208. The summed E-state index contributed by atoms with van der Waals surface area (Å²) < 4.78 is 0. The number of nitrogens with two attached hydrogens (primary N) is 2. The van der Waals surface area contributed by atoms with Crippen LogP contribution in [-0.4, -0.2) is 10.9 Å². The molecule has 2 aromatic rings. The molecule has 0 spiro atoms. The van der Waals surface area contributed by atoms with Gasteiger partial charge in [-0.15, -0.1) is 13.2 Å². The Morgan fingerprint density at radius 1 is 1.09 bits per heavy atom. The minimum absolute atomic E-state index is 0.00355. The molecule has 0 heterocycles. The second-order valence-corrected chi connectivity index (χ2v) is 4.54. The van der Waals surface area contributed by atoms with Crippen LogP contribution in [0.25, 0.3) is 5.70 Å². The summed E-state index contributed by atoms with van der Waals surface area (Å²) in [6, 6.07) is 12.5. The number of amidine groups is 1. The molecule has 0 saturated heterocycles. The van der Waals surface area contributed by atoms with Crippen molar-refractivity contribution in [3.05, 3.63) is 78.9 Å². The van der Waals surface area contributed by atoms with Gasteiger partial charge in [0, 0.05) is 17.3 Å². The van der Waals surface area contributed by atoms with Crippen LogP contribution >= 0.6 is 0 Å². The van der Waals surface area contributed by atoms with E-state index in [2.05, 4.69) is 24.7 Å².